The van der Waals surface area contributed by atoms with Crippen molar-refractivity contribution in [1.82, 2.24) is 10.6 Å². The second kappa shape index (κ2) is 7.69. The summed E-state index contributed by atoms with van der Waals surface area (Å²) in [6.07, 6.45) is 8.25. The molecule has 0 atom stereocenters. The van der Waals surface area contributed by atoms with Gasteiger partial charge in [0, 0.05) is 6.54 Å². The van der Waals surface area contributed by atoms with Crippen LogP contribution in [-0.2, 0) is 4.79 Å². The van der Waals surface area contributed by atoms with Gasteiger partial charge >= 0.3 is 0 Å². The zero-order chi connectivity index (χ0) is 10.9. The highest BCUT2D eigenvalue weighted by molar-refractivity contribution is 5.77. The number of nitrogens with one attached hydrogen (secondary N) is 2. The molecule has 0 radical (unpaired) electrons. The van der Waals surface area contributed by atoms with Crippen LogP contribution in [0.25, 0.3) is 0 Å². The van der Waals surface area contributed by atoms with E-state index in [0.29, 0.717) is 6.54 Å². The van der Waals surface area contributed by atoms with Gasteiger partial charge in [-0.05, 0) is 25.8 Å². The normalized spacial score (nSPS) is 17.7. The molecule has 2 N–H and O–H groups in total. The summed E-state index contributed by atoms with van der Waals surface area (Å²) < 4.78 is 0. The Hall–Kier alpha value is -0.570. The van der Waals surface area contributed by atoms with E-state index in [4.69, 9.17) is 0 Å². The highest BCUT2D eigenvalue weighted by Gasteiger charge is 2.12. The summed E-state index contributed by atoms with van der Waals surface area (Å²) in [5.74, 6) is 1.02. The third-order valence-electron chi connectivity index (χ3n) is 3.11. The molecule has 0 aromatic carbocycles. The number of hydrogen-bond acceptors (Lipinski definition) is 2. The summed E-state index contributed by atoms with van der Waals surface area (Å²) in [5.41, 5.74) is 0. The van der Waals surface area contributed by atoms with Crippen LogP contribution in [-0.4, -0.2) is 25.5 Å². The Morgan fingerprint density at radius 3 is 2.67 bits per heavy atom. The average Bonchev–Trinajstić information content (AvgIpc) is 2.26. The molecular formula is C12H24N2O. The van der Waals surface area contributed by atoms with Gasteiger partial charge in [-0.2, -0.15) is 0 Å². The molecule has 0 aromatic heterocycles. The number of rotatable bonds is 6. The van der Waals surface area contributed by atoms with Crippen molar-refractivity contribution in [1.29, 1.82) is 0 Å². The molecule has 0 aliphatic heterocycles. The molecule has 1 aliphatic carbocycles. The number of carbonyl (C=O) groups is 1. The molecule has 1 fully saturated rings. The minimum absolute atomic E-state index is 0.112. The minimum atomic E-state index is 0.112. The van der Waals surface area contributed by atoms with Gasteiger partial charge in [0.15, 0.2) is 0 Å². The van der Waals surface area contributed by atoms with Crippen molar-refractivity contribution >= 4 is 5.91 Å². The molecular weight excluding hydrogens is 188 g/mol. The Labute approximate surface area is 93.0 Å². The first-order chi connectivity index (χ1) is 7.33. The average molecular weight is 212 g/mol. The first kappa shape index (κ1) is 12.5. The summed E-state index contributed by atoms with van der Waals surface area (Å²) in [6.45, 7) is 4.13. The monoisotopic (exact) mass is 212 g/mol. The van der Waals surface area contributed by atoms with Gasteiger partial charge in [0.25, 0.3) is 0 Å². The third kappa shape index (κ3) is 5.78. The van der Waals surface area contributed by atoms with Gasteiger partial charge in [-0.15, -0.1) is 0 Å². The quantitative estimate of drug-likeness (QED) is 0.658. The van der Waals surface area contributed by atoms with E-state index in [-0.39, 0.29) is 5.91 Å². The van der Waals surface area contributed by atoms with E-state index in [0.717, 1.165) is 19.0 Å². The van der Waals surface area contributed by atoms with Crippen LogP contribution in [0.5, 0.6) is 0 Å². The van der Waals surface area contributed by atoms with Crippen molar-refractivity contribution in [2.75, 3.05) is 19.6 Å². The van der Waals surface area contributed by atoms with Crippen LogP contribution in [0.4, 0.5) is 0 Å². The van der Waals surface area contributed by atoms with Crippen molar-refractivity contribution < 1.29 is 4.79 Å². The number of hydrogen-bond donors (Lipinski definition) is 2. The van der Waals surface area contributed by atoms with Crippen LogP contribution in [0.1, 0.15) is 45.4 Å². The number of likely N-dealkylation sites (N-methyl/N-ethyl adjacent to an activating group) is 1. The van der Waals surface area contributed by atoms with Crippen LogP contribution >= 0.6 is 0 Å². The van der Waals surface area contributed by atoms with E-state index in [1.807, 2.05) is 6.92 Å². The summed E-state index contributed by atoms with van der Waals surface area (Å²) in [5, 5.41) is 5.99. The van der Waals surface area contributed by atoms with Gasteiger partial charge < -0.3 is 10.6 Å². The van der Waals surface area contributed by atoms with Crippen LogP contribution in [0.2, 0.25) is 0 Å². The molecule has 3 nitrogen and oxygen atoms in total. The highest BCUT2D eigenvalue weighted by Crippen LogP contribution is 2.25. The Morgan fingerprint density at radius 2 is 2.00 bits per heavy atom. The zero-order valence-electron chi connectivity index (χ0n) is 9.85. The predicted molar refractivity (Wildman–Crippen MR) is 62.7 cm³/mol. The fraction of sp³-hybridized carbons (Fsp3) is 0.917. The molecule has 0 heterocycles. The Morgan fingerprint density at radius 1 is 1.27 bits per heavy atom. The summed E-state index contributed by atoms with van der Waals surface area (Å²) >= 11 is 0. The largest absolute Gasteiger partial charge is 0.355 e. The van der Waals surface area contributed by atoms with Crippen molar-refractivity contribution in [2.24, 2.45) is 5.92 Å². The van der Waals surface area contributed by atoms with Crippen molar-refractivity contribution in [3.63, 3.8) is 0 Å². The van der Waals surface area contributed by atoms with Crippen molar-refractivity contribution in [3.8, 4) is 0 Å². The molecule has 1 saturated carbocycles. The Balaban J connectivity index is 1.93. The van der Waals surface area contributed by atoms with Gasteiger partial charge in [-0.3, -0.25) is 4.79 Å². The first-order valence-corrected chi connectivity index (χ1v) is 6.30. The molecule has 0 spiro atoms. The van der Waals surface area contributed by atoms with E-state index in [1.54, 1.807) is 0 Å². The second-order valence-electron chi connectivity index (χ2n) is 4.42. The zero-order valence-corrected chi connectivity index (χ0v) is 9.85. The number of amides is 1. The Kier molecular flexibility index (Phi) is 6.41. The molecule has 0 unspecified atom stereocenters. The second-order valence-corrected chi connectivity index (χ2v) is 4.42. The molecule has 15 heavy (non-hydrogen) atoms. The molecule has 1 rings (SSSR count). The summed E-state index contributed by atoms with van der Waals surface area (Å²) in [7, 11) is 0. The smallest absolute Gasteiger partial charge is 0.233 e. The van der Waals surface area contributed by atoms with Crippen LogP contribution in [0.3, 0.4) is 0 Å². The van der Waals surface area contributed by atoms with E-state index < -0.39 is 0 Å². The lowest BCUT2D eigenvalue weighted by molar-refractivity contribution is -0.120. The van der Waals surface area contributed by atoms with Crippen molar-refractivity contribution in [2.45, 2.75) is 45.4 Å². The first-order valence-electron chi connectivity index (χ1n) is 6.30. The van der Waals surface area contributed by atoms with E-state index in [2.05, 4.69) is 10.6 Å². The molecule has 88 valence electrons. The molecule has 0 aromatic rings. The number of carbonyl (C=O) groups excluding carboxylic acids is 1. The van der Waals surface area contributed by atoms with Gasteiger partial charge in [0.2, 0.25) is 5.91 Å². The van der Waals surface area contributed by atoms with Gasteiger partial charge in [0.1, 0.15) is 0 Å². The molecule has 1 amide bonds. The lowest BCUT2D eigenvalue weighted by atomic mass is 9.87. The maximum absolute atomic E-state index is 11.1. The predicted octanol–water partition coefficient (Wildman–Crippen LogP) is 1.68. The van der Waals surface area contributed by atoms with E-state index >= 15 is 0 Å². The molecule has 0 saturated heterocycles. The lowest BCUT2D eigenvalue weighted by Gasteiger charge is -2.21. The maximum atomic E-state index is 11.1. The maximum Gasteiger partial charge on any atom is 0.233 e. The topological polar surface area (TPSA) is 41.1 Å². The minimum Gasteiger partial charge on any atom is -0.355 e. The summed E-state index contributed by atoms with van der Waals surface area (Å²) in [6, 6.07) is 0. The summed E-state index contributed by atoms with van der Waals surface area (Å²) in [4.78, 5) is 11.1. The standard InChI is InChI=1S/C12H24N2O/c1-2-14-12(15)10-13-9-8-11-6-4-3-5-7-11/h11,13H,2-10H2,1H3,(H,14,15). The van der Waals surface area contributed by atoms with Crippen LogP contribution in [0, 0.1) is 5.92 Å². The van der Waals surface area contributed by atoms with Crippen LogP contribution in [0.15, 0.2) is 0 Å². The third-order valence-corrected chi connectivity index (χ3v) is 3.11. The fourth-order valence-corrected chi connectivity index (χ4v) is 2.24. The van der Waals surface area contributed by atoms with E-state index in [1.165, 1.54) is 38.5 Å². The lowest BCUT2D eigenvalue weighted by Crippen LogP contribution is -2.34. The molecule has 0 bridgehead atoms. The van der Waals surface area contributed by atoms with Gasteiger partial charge in [0.05, 0.1) is 6.54 Å². The fourth-order valence-electron chi connectivity index (χ4n) is 2.24. The van der Waals surface area contributed by atoms with Gasteiger partial charge in [-0.1, -0.05) is 32.1 Å². The molecule has 1 aliphatic rings. The van der Waals surface area contributed by atoms with Gasteiger partial charge in [-0.25, -0.2) is 0 Å². The van der Waals surface area contributed by atoms with Crippen LogP contribution < -0.4 is 10.6 Å². The molecule has 3 heteroatoms. The van der Waals surface area contributed by atoms with E-state index in [9.17, 15) is 4.79 Å². The SMILES string of the molecule is CCNC(=O)CNCCC1CCCCC1. The van der Waals surface area contributed by atoms with Crippen molar-refractivity contribution in [3.05, 3.63) is 0 Å². The Bertz CT molecular complexity index is 176. The highest BCUT2D eigenvalue weighted by atomic mass is 16.1.